The van der Waals surface area contributed by atoms with E-state index in [4.69, 9.17) is 20.8 Å². The SMILES string of the molecule is O=C(OCc1cccc(Cl)c1)c1ccc(NC(=O)c2ccco2)cc1. The number of benzene rings is 2. The maximum Gasteiger partial charge on any atom is 0.338 e. The summed E-state index contributed by atoms with van der Waals surface area (Å²) in [4.78, 5) is 23.9. The van der Waals surface area contributed by atoms with Gasteiger partial charge in [-0.25, -0.2) is 4.79 Å². The Balaban J connectivity index is 1.58. The highest BCUT2D eigenvalue weighted by molar-refractivity contribution is 6.30. The Hall–Kier alpha value is -3.05. The van der Waals surface area contributed by atoms with Gasteiger partial charge >= 0.3 is 5.97 Å². The topological polar surface area (TPSA) is 68.5 Å². The van der Waals surface area contributed by atoms with E-state index in [1.807, 2.05) is 6.07 Å². The Morgan fingerprint density at radius 3 is 2.52 bits per heavy atom. The zero-order valence-electron chi connectivity index (χ0n) is 13.1. The summed E-state index contributed by atoms with van der Waals surface area (Å²) >= 11 is 5.89. The van der Waals surface area contributed by atoms with Crippen molar-refractivity contribution in [3.05, 3.63) is 88.8 Å². The van der Waals surface area contributed by atoms with E-state index in [-0.39, 0.29) is 18.3 Å². The number of anilines is 1. The van der Waals surface area contributed by atoms with Crippen molar-refractivity contribution in [2.45, 2.75) is 6.61 Å². The molecule has 5 nitrogen and oxygen atoms in total. The number of nitrogens with one attached hydrogen (secondary N) is 1. The summed E-state index contributed by atoms with van der Waals surface area (Å²) in [6.07, 6.45) is 1.42. The zero-order valence-corrected chi connectivity index (χ0v) is 13.8. The maximum absolute atomic E-state index is 12.1. The molecular formula is C19H14ClNO4. The number of halogens is 1. The number of rotatable bonds is 5. The minimum Gasteiger partial charge on any atom is -0.459 e. The van der Waals surface area contributed by atoms with Crippen molar-refractivity contribution in [3.63, 3.8) is 0 Å². The second-order valence-electron chi connectivity index (χ2n) is 5.21. The highest BCUT2D eigenvalue weighted by Crippen LogP contribution is 2.15. The number of esters is 1. The summed E-state index contributed by atoms with van der Waals surface area (Å²) in [6, 6.07) is 16.7. The van der Waals surface area contributed by atoms with Gasteiger partial charge in [-0.3, -0.25) is 4.79 Å². The fraction of sp³-hybridized carbons (Fsp3) is 0.0526. The molecule has 0 spiro atoms. The summed E-state index contributed by atoms with van der Waals surface area (Å²) in [5.74, 6) is -0.602. The van der Waals surface area contributed by atoms with Crippen LogP contribution in [0, 0.1) is 0 Å². The Morgan fingerprint density at radius 1 is 1.04 bits per heavy atom. The molecule has 6 heteroatoms. The van der Waals surface area contributed by atoms with Gasteiger partial charge in [0.15, 0.2) is 5.76 Å². The Bertz CT molecular complexity index is 873. The van der Waals surface area contributed by atoms with Crippen molar-refractivity contribution in [1.29, 1.82) is 0 Å². The normalized spacial score (nSPS) is 10.3. The molecule has 1 heterocycles. The van der Waals surface area contributed by atoms with Crippen LogP contribution >= 0.6 is 11.6 Å². The molecule has 1 amide bonds. The second kappa shape index (κ2) is 7.68. The van der Waals surface area contributed by atoms with Crippen LogP contribution in [0.3, 0.4) is 0 Å². The first-order valence-electron chi connectivity index (χ1n) is 7.48. The molecule has 0 aliphatic heterocycles. The van der Waals surface area contributed by atoms with Gasteiger partial charge in [-0.15, -0.1) is 0 Å². The molecule has 0 atom stereocenters. The third kappa shape index (κ3) is 4.49. The molecule has 1 N–H and O–H groups in total. The molecule has 0 radical (unpaired) electrons. The minimum atomic E-state index is -0.455. The lowest BCUT2D eigenvalue weighted by molar-refractivity contribution is 0.0472. The van der Waals surface area contributed by atoms with Crippen molar-refractivity contribution < 1.29 is 18.7 Å². The predicted molar refractivity (Wildman–Crippen MR) is 93.7 cm³/mol. The predicted octanol–water partition coefficient (Wildman–Crippen LogP) is 4.54. The van der Waals surface area contributed by atoms with Gasteiger partial charge in [-0.2, -0.15) is 0 Å². The molecule has 126 valence electrons. The lowest BCUT2D eigenvalue weighted by Crippen LogP contribution is -2.11. The molecule has 0 aliphatic rings. The maximum atomic E-state index is 12.1. The van der Waals surface area contributed by atoms with E-state index in [2.05, 4.69) is 5.32 Å². The molecule has 0 unspecified atom stereocenters. The summed E-state index contributed by atoms with van der Waals surface area (Å²) in [5.41, 5.74) is 1.74. The van der Waals surface area contributed by atoms with E-state index >= 15 is 0 Å². The molecule has 0 saturated heterocycles. The van der Waals surface area contributed by atoms with Crippen molar-refractivity contribution in [3.8, 4) is 0 Å². The van der Waals surface area contributed by atoms with Crippen LogP contribution in [-0.4, -0.2) is 11.9 Å². The third-order valence-corrected chi connectivity index (χ3v) is 3.62. The van der Waals surface area contributed by atoms with Crippen LogP contribution in [0.2, 0.25) is 5.02 Å². The standard InChI is InChI=1S/C19H14ClNO4/c20-15-4-1-3-13(11-15)12-25-19(23)14-6-8-16(9-7-14)21-18(22)17-5-2-10-24-17/h1-11H,12H2,(H,21,22). The first-order chi connectivity index (χ1) is 12.1. The van der Waals surface area contributed by atoms with Crippen LogP contribution in [0.5, 0.6) is 0 Å². The third-order valence-electron chi connectivity index (χ3n) is 3.38. The number of ether oxygens (including phenoxy) is 1. The van der Waals surface area contributed by atoms with E-state index in [9.17, 15) is 9.59 Å². The summed E-state index contributed by atoms with van der Waals surface area (Å²) in [7, 11) is 0. The van der Waals surface area contributed by atoms with Gasteiger partial charge in [-0.1, -0.05) is 23.7 Å². The molecule has 3 aromatic rings. The summed E-state index contributed by atoms with van der Waals surface area (Å²) < 4.78 is 10.3. The van der Waals surface area contributed by atoms with Crippen molar-refractivity contribution in [1.82, 2.24) is 0 Å². The van der Waals surface area contributed by atoms with Crippen LogP contribution < -0.4 is 5.32 Å². The largest absolute Gasteiger partial charge is 0.459 e. The molecule has 0 aliphatic carbocycles. The van der Waals surface area contributed by atoms with Gasteiger partial charge in [0.2, 0.25) is 0 Å². The quantitative estimate of drug-likeness (QED) is 0.682. The van der Waals surface area contributed by atoms with Crippen molar-refractivity contribution >= 4 is 29.2 Å². The first-order valence-corrected chi connectivity index (χ1v) is 7.86. The van der Waals surface area contributed by atoms with Gasteiger partial charge in [0.05, 0.1) is 11.8 Å². The highest BCUT2D eigenvalue weighted by atomic mass is 35.5. The zero-order chi connectivity index (χ0) is 17.6. The molecule has 2 aromatic carbocycles. The number of carbonyl (C=O) groups is 2. The molecule has 1 aromatic heterocycles. The van der Waals surface area contributed by atoms with Crippen LogP contribution in [0.1, 0.15) is 26.5 Å². The summed E-state index contributed by atoms with van der Waals surface area (Å²) in [5, 5.41) is 3.26. The Labute approximate surface area is 149 Å². The molecule has 0 fully saturated rings. The van der Waals surface area contributed by atoms with E-state index in [0.29, 0.717) is 16.3 Å². The number of hydrogen-bond donors (Lipinski definition) is 1. The molecule has 0 bridgehead atoms. The van der Waals surface area contributed by atoms with Gasteiger partial charge in [0.1, 0.15) is 6.61 Å². The fourth-order valence-corrected chi connectivity index (χ4v) is 2.36. The summed E-state index contributed by atoms with van der Waals surface area (Å²) in [6.45, 7) is 0.135. The van der Waals surface area contributed by atoms with Gasteiger partial charge in [0.25, 0.3) is 5.91 Å². The van der Waals surface area contributed by atoms with Crippen LogP contribution in [-0.2, 0) is 11.3 Å². The minimum absolute atomic E-state index is 0.135. The fourth-order valence-electron chi connectivity index (χ4n) is 2.15. The second-order valence-corrected chi connectivity index (χ2v) is 5.65. The Kier molecular flexibility index (Phi) is 5.16. The Morgan fingerprint density at radius 2 is 1.84 bits per heavy atom. The van der Waals surface area contributed by atoms with Gasteiger partial charge < -0.3 is 14.5 Å². The van der Waals surface area contributed by atoms with Crippen LogP contribution in [0.15, 0.2) is 71.3 Å². The van der Waals surface area contributed by atoms with Crippen molar-refractivity contribution in [2.75, 3.05) is 5.32 Å². The monoisotopic (exact) mass is 355 g/mol. The smallest absolute Gasteiger partial charge is 0.338 e. The van der Waals surface area contributed by atoms with E-state index < -0.39 is 5.97 Å². The van der Waals surface area contributed by atoms with E-state index in [0.717, 1.165) is 5.56 Å². The average molecular weight is 356 g/mol. The lowest BCUT2D eigenvalue weighted by Gasteiger charge is -2.07. The van der Waals surface area contributed by atoms with Crippen molar-refractivity contribution in [2.24, 2.45) is 0 Å². The average Bonchev–Trinajstić information content (AvgIpc) is 3.15. The number of carbonyl (C=O) groups excluding carboxylic acids is 2. The highest BCUT2D eigenvalue weighted by Gasteiger charge is 2.11. The van der Waals surface area contributed by atoms with E-state index in [1.54, 1.807) is 54.6 Å². The van der Waals surface area contributed by atoms with Crippen LogP contribution in [0.25, 0.3) is 0 Å². The van der Waals surface area contributed by atoms with Gasteiger partial charge in [-0.05, 0) is 54.1 Å². The van der Waals surface area contributed by atoms with Gasteiger partial charge in [0, 0.05) is 10.7 Å². The van der Waals surface area contributed by atoms with E-state index in [1.165, 1.54) is 6.26 Å². The molecule has 25 heavy (non-hydrogen) atoms. The number of furan rings is 1. The molecule has 3 rings (SSSR count). The first kappa shape index (κ1) is 16.8. The molecular weight excluding hydrogens is 342 g/mol. The lowest BCUT2D eigenvalue weighted by atomic mass is 10.2. The number of amides is 1. The molecule has 0 saturated carbocycles. The number of hydrogen-bond acceptors (Lipinski definition) is 4. The van der Waals surface area contributed by atoms with Crippen LogP contribution in [0.4, 0.5) is 5.69 Å².